The number of hydrogen-bond acceptors (Lipinski definition) is 8. The molecular weight excluding hydrogens is 601 g/mol. The number of carbonyl (C=O) groups is 2. The van der Waals surface area contributed by atoms with Crippen LogP contribution in [0.3, 0.4) is 0 Å². The molecule has 2 aliphatic rings. The Morgan fingerprint density at radius 3 is 2.57 bits per heavy atom. The Bertz CT molecular complexity index is 1840. The fourth-order valence-corrected chi connectivity index (χ4v) is 5.63. The topological polar surface area (TPSA) is 131 Å². The number of halogens is 1. The zero-order valence-electron chi connectivity index (χ0n) is 27.1. The summed E-state index contributed by atoms with van der Waals surface area (Å²) >= 11 is 0. The fraction of sp³-hybridized carbons (Fsp3) is 0.405. The van der Waals surface area contributed by atoms with Gasteiger partial charge in [0, 0.05) is 53.3 Å². The van der Waals surface area contributed by atoms with E-state index in [9.17, 15) is 24.2 Å². The lowest BCUT2D eigenvalue weighted by Gasteiger charge is -2.28. The smallest absolute Gasteiger partial charge is 0.234 e. The molecule has 1 saturated carbocycles. The van der Waals surface area contributed by atoms with Crippen molar-refractivity contribution in [3.63, 3.8) is 0 Å². The molecule has 0 saturated heterocycles. The molecule has 0 unspecified atom stereocenters. The summed E-state index contributed by atoms with van der Waals surface area (Å²) in [4.78, 5) is 36.4. The van der Waals surface area contributed by atoms with Gasteiger partial charge >= 0.3 is 0 Å². The molecule has 47 heavy (non-hydrogen) atoms. The maximum absolute atomic E-state index is 13.9. The Morgan fingerprint density at radius 2 is 1.87 bits per heavy atom. The number of aromatic nitrogens is 2. The van der Waals surface area contributed by atoms with Gasteiger partial charge in [0.05, 0.1) is 11.8 Å². The van der Waals surface area contributed by atoms with Crippen LogP contribution in [0.4, 0.5) is 4.39 Å². The van der Waals surface area contributed by atoms with E-state index in [0.29, 0.717) is 39.4 Å². The molecule has 0 radical (unpaired) electrons. The Balaban J connectivity index is 1.31. The van der Waals surface area contributed by atoms with Crippen molar-refractivity contribution in [3.8, 4) is 22.8 Å². The molecule has 10 heteroatoms. The Kier molecular flexibility index (Phi) is 8.52. The van der Waals surface area contributed by atoms with Crippen LogP contribution in [0.2, 0.25) is 0 Å². The van der Waals surface area contributed by atoms with Gasteiger partial charge < -0.3 is 25.0 Å². The highest BCUT2D eigenvalue weighted by molar-refractivity contribution is 6.01. The minimum Gasteiger partial charge on any atom is -0.489 e. The first-order valence-electron chi connectivity index (χ1n) is 15.9. The summed E-state index contributed by atoms with van der Waals surface area (Å²) in [6.45, 7) is 7.20. The monoisotopic (exact) mass is 641 g/mol. The van der Waals surface area contributed by atoms with Crippen molar-refractivity contribution < 1.29 is 33.7 Å². The molecule has 1 amide bonds. The van der Waals surface area contributed by atoms with Crippen molar-refractivity contribution in [3.05, 3.63) is 83.4 Å². The lowest BCUT2D eigenvalue weighted by atomic mass is 9.81. The summed E-state index contributed by atoms with van der Waals surface area (Å²) in [5.41, 5.74) is -0.390. The Hall–Kier alpha value is -4.41. The molecular formula is C37H40FN3O6. The van der Waals surface area contributed by atoms with Gasteiger partial charge in [-0.05, 0) is 81.6 Å². The predicted octanol–water partition coefficient (Wildman–Crippen LogP) is 5.63. The fourth-order valence-electron chi connectivity index (χ4n) is 5.63. The van der Waals surface area contributed by atoms with Crippen LogP contribution in [0.15, 0.2) is 60.8 Å². The molecule has 1 fully saturated rings. The average molecular weight is 642 g/mol. The third-order valence-electron chi connectivity index (χ3n) is 9.05. The minimum absolute atomic E-state index is 0.0107. The molecule has 246 valence electrons. The molecule has 2 atom stereocenters. The number of aliphatic hydroxyl groups is 2. The molecule has 1 aliphatic heterocycles. The van der Waals surface area contributed by atoms with E-state index in [-0.39, 0.29) is 56.1 Å². The summed E-state index contributed by atoms with van der Waals surface area (Å²) in [5, 5.41) is 25.3. The molecule has 4 aromatic rings. The van der Waals surface area contributed by atoms with E-state index < -0.39 is 22.2 Å². The van der Waals surface area contributed by atoms with E-state index in [2.05, 4.69) is 10.3 Å². The summed E-state index contributed by atoms with van der Waals surface area (Å²) in [6, 6.07) is 14.6. The van der Waals surface area contributed by atoms with E-state index in [1.165, 1.54) is 12.1 Å². The first kappa shape index (κ1) is 32.5. The molecule has 2 aromatic carbocycles. The first-order chi connectivity index (χ1) is 22.3. The molecule has 0 spiro atoms. The number of Topliss-reactive ketones (excluding diaryl/α,β-unsaturated/α-hetero) is 1. The SMILES string of the molecule is CC(C)(CO)CNC(=O)[C@@]1(C)COc2c1cc([C@@](C)(O)CCC(=O)c1cc(OC3CC3)c3ncccc3c1)nc2-c1ccc(F)cc1. The van der Waals surface area contributed by atoms with Gasteiger partial charge in [0.25, 0.3) is 0 Å². The molecule has 3 N–H and O–H groups in total. The quantitative estimate of drug-likeness (QED) is 0.170. The number of nitrogens with one attached hydrogen (secondary N) is 1. The molecule has 3 heterocycles. The van der Waals surface area contributed by atoms with Crippen molar-refractivity contribution >= 4 is 22.6 Å². The summed E-state index contributed by atoms with van der Waals surface area (Å²) in [6.07, 6.45) is 3.81. The minimum atomic E-state index is -1.58. The highest BCUT2D eigenvalue weighted by Gasteiger charge is 2.46. The van der Waals surface area contributed by atoms with Crippen molar-refractivity contribution in [2.75, 3.05) is 19.8 Å². The highest BCUT2D eigenvalue weighted by atomic mass is 19.1. The molecule has 6 rings (SSSR count). The standard InChI is InChI=1S/C37H40FN3O6/c1-35(2,20-42)19-40-34(44)36(3)21-46-33-27(36)18-30(41-32(33)22-7-9-25(38)10-8-22)37(4,45)14-13-28(43)24-16-23-6-5-15-39-31(23)29(17-24)47-26-11-12-26/h5-10,15-18,26,42,45H,11-14,19-21H2,1-4H3,(H,40,44)/t36-,37-/m0/s1. The normalized spacial score (nSPS) is 18.7. The second-order valence-corrected chi connectivity index (χ2v) is 13.9. The van der Waals surface area contributed by atoms with Crippen LogP contribution in [-0.2, 0) is 15.8 Å². The Labute approximate surface area is 273 Å². The zero-order chi connectivity index (χ0) is 33.6. The van der Waals surface area contributed by atoms with Crippen molar-refractivity contribution in [2.24, 2.45) is 5.41 Å². The van der Waals surface area contributed by atoms with Gasteiger partial charge in [-0.2, -0.15) is 0 Å². The van der Waals surface area contributed by atoms with Gasteiger partial charge in [-0.25, -0.2) is 9.37 Å². The molecule has 2 aromatic heterocycles. The van der Waals surface area contributed by atoms with Crippen LogP contribution < -0.4 is 14.8 Å². The lowest BCUT2D eigenvalue weighted by molar-refractivity contribution is -0.127. The molecule has 0 bridgehead atoms. The van der Waals surface area contributed by atoms with Gasteiger partial charge in [0.2, 0.25) is 5.91 Å². The number of carbonyl (C=O) groups excluding carboxylic acids is 2. The summed E-state index contributed by atoms with van der Waals surface area (Å²) in [7, 11) is 0. The van der Waals surface area contributed by atoms with Gasteiger partial charge in [-0.1, -0.05) is 19.9 Å². The highest BCUT2D eigenvalue weighted by Crippen LogP contribution is 2.46. The van der Waals surface area contributed by atoms with E-state index in [1.54, 1.807) is 50.4 Å². The number of ketones is 1. The number of amides is 1. The molecule has 9 nitrogen and oxygen atoms in total. The average Bonchev–Trinajstić information content (AvgIpc) is 3.82. The maximum Gasteiger partial charge on any atom is 0.234 e. The van der Waals surface area contributed by atoms with Crippen LogP contribution in [0.25, 0.3) is 22.2 Å². The predicted molar refractivity (Wildman–Crippen MR) is 175 cm³/mol. The van der Waals surface area contributed by atoms with Gasteiger partial charge in [-0.15, -0.1) is 0 Å². The molecule has 1 aliphatic carbocycles. The van der Waals surface area contributed by atoms with Crippen LogP contribution in [0.1, 0.15) is 75.0 Å². The summed E-state index contributed by atoms with van der Waals surface area (Å²) < 4.78 is 26.0. The summed E-state index contributed by atoms with van der Waals surface area (Å²) in [5.74, 6) is 0.0588. The van der Waals surface area contributed by atoms with E-state index in [1.807, 2.05) is 26.0 Å². The van der Waals surface area contributed by atoms with Crippen molar-refractivity contribution in [2.45, 2.75) is 70.5 Å². The second kappa shape index (κ2) is 12.3. The first-order valence-corrected chi connectivity index (χ1v) is 15.9. The van der Waals surface area contributed by atoms with Gasteiger partial charge in [0.1, 0.15) is 46.1 Å². The number of nitrogens with zero attached hydrogens (tertiary/aromatic N) is 2. The number of rotatable bonds is 12. The lowest BCUT2D eigenvalue weighted by Crippen LogP contribution is -2.47. The number of hydrogen-bond donors (Lipinski definition) is 3. The van der Waals surface area contributed by atoms with Crippen molar-refractivity contribution in [1.29, 1.82) is 0 Å². The van der Waals surface area contributed by atoms with Crippen LogP contribution in [0, 0.1) is 11.2 Å². The third-order valence-corrected chi connectivity index (χ3v) is 9.05. The number of pyridine rings is 2. The van der Waals surface area contributed by atoms with Crippen LogP contribution >= 0.6 is 0 Å². The van der Waals surface area contributed by atoms with E-state index in [0.717, 1.165) is 18.2 Å². The largest absolute Gasteiger partial charge is 0.489 e. The van der Waals surface area contributed by atoms with Crippen molar-refractivity contribution in [1.82, 2.24) is 15.3 Å². The number of ether oxygens (including phenoxy) is 2. The van der Waals surface area contributed by atoms with E-state index in [4.69, 9.17) is 14.5 Å². The van der Waals surface area contributed by atoms with E-state index >= 15 is 0 Å². The van der Waals surface area contributed by atoms with Crippen LogP contribution in [-0.4, -0.2) is 57.7 Å². The number of fused-ring (bicyclic) bond motifs is 2. The number of aliphatic hydroxyl groups excluding tert-OH is 1. The maximum atomic E-state index is 13.9. The van der Waals surface area contributed by atoms with Gasteiger partial charge in [0.15, 0.2) is 5.78 Å². The van der Waals surface area contributed by atoms with Gasteiger partial charge in [-0.3, -0.25) is 14.6 Å². The second-order valence-electron chi connectivity index (χ2n) is 13.9. The zero-order valence-corrected chi connectivity index (χ0v) is 27.1. The Morgan fingerprint density at radius 1 is 1.13 bits per heavy atom. The van der Waals surface area contributed by atoms with Crippen LogP contribution in [0.5, 0.6) is 11.5 Å². The third kappa shape index (κ3) is 6.71. The number of benzene rings is 2.